The average molecular weight is 292 g/mol. The molecule has 0 fully saturated rings. The summed E-state index contributed by atoms with van der Waals surface area (Å²) in [5.41, 5.74) is 3.97. The predicted molar refractivity (Wildman–Crippen MR) is 91.7 cm³/mol. The average Bonchev–Trinajstić information content (AvgIpc) is 2.55. The minimum Gasteiger partial charge on any atom is -0.506 e. The lowest BCUT2D eigenvalue weighted by atomic mass is 10.1. The number of benzene rings is 2. The fraction of sp³-hybridized carbons (Fsp3) is 0.211. The highest BCUT2D eigenvalue weighted by atomic mass is 16.3. The number of fused-ring (bicyclic) bond motifs is 1. The number of phenolic OH excluding ortho intramolecular Hbond substituents is 1. The Labute approximate surface area is 130 Å². The summed E-state index contributed by atoms with van der Waals surface area (Å²) in [6.07, 6.45) is 5.27. The number of anilines is 2. The van der Waals surface area contributed by atoms with Gasteiger partial charge in [0.1, 0.15) is 11.3 Å². The van der Waals surface area contributed by atoms with Gasteiger partial charge in [0.05, 0.1) is 0 Å². The number of para-hydroxylation sites is 1. The van der Waals surface area contributed by atoms with E-state index >= 15 is 0 Å². The smallest absolute Gasteiger partial charge is 0.141 e. The molecule has 0 aliphatic rings. The molecule has 3 heteroatoms. The molecule has 1 aromatic heterocycles. The van der Waals surface area contributed by atoms with Gasteiger partial charge >= 0.3 is 0 Å². The fourth-order valence-electron chi connectivity index (χ4n) is 2.56. The normalized spacial score (nSPS) is 10.8. The maximum atomic E-state index is 9.89. The van der Waals surface area contributed by atoms with E-state index in [2.05, 4.69) is 41.5 Å². The van der Waals surface area contributed by atoms with Crippen LogP contribution in [0, 0.1) is 0 Å². The minimum atomic E-state index is 0.205. The second-order valence-electron chi connectivity index (χ2n) is 5.46. The van der Waals surface area contributed by atoms with Gasteiger partial charge in [-0.15, -0.1) is 0 Å². The van der Waals surface area contributed by atoms with Gasteiger partial charge in [-0.05, 0) is 42.7 Å². The monoisotopic (exact) mass is 292 g/mol. The van der Waals surface area contributed by atoms with Gasteiger partial charge in [-0.3, -0.25) is 4.98 Å². The molecule has 112 valence electrons. The molecule has 0 radical (unpaired) electrons. The van der Waals surface area contributed by atoms with Crippen molar-refractivity contribution in [3.63, 3.8) is 0 Å². The Hall–Kier alpha value is -2.55. The summed E-state index contributed by atoms with van der Waals surface area (Å²) < 4.78 is 0. The molecule has 0 atom stereocenters. The standard InChI is InChI=1S/C19H20N2O/c1-2-3-5-14-8-10-15(11-9-14)21-17-12-13-20-19-16(17)6-4-7-18(19)22/h4,6-13,22H,2-3,5H2,1H3,(H,20,21). The number of hydrogen-bond donors (Lipinski definition) is 2. The number of nitrogens with one attached hydrogen (secondary N) is 1. The van der Waals surface area contributed by atoms with Crippen LogP contribution in [0.25, 0.3) is 10.9 Å². The molecule has 3 rings (SSSR count). The molecule has 3 aromatic rings. The van der Waals surface area contributed by atoms with E-state index in [1.807, 2.05) is 18.2 Å². The Morgan fingerprint density at radius 2 is 1.86 bits per heavy atom. The lowest BCUT2D eigenvalue weighted by Gasteiger charge is -2.10. The summed E-state index contributed by atoms with van der Waals surface area (Å²) in [5.74, 6) is 0.205. The summed E-state index contributed by atoms with van der Waals surface area (Å²) in [6, 6.07) is 15.9. The zero-order chi connectivity index (χ0) is 15.4. The van der Waals surface area contributed by atoms with Crippen LogP contribution in [-0.4, -0.2) is 10.1 Å². The molecule has 0 spiro atoms. The summed E-state index contributed by atoms with van der Waals surface area (Å²) in [4.78, 5) is 4.24. The fourth-order valence-corrected chi connectivity index (χ4v) is 2.56. The molecular formula is C19H20N2O. The van der Waals surface area contributed by atoms with Gasteiger partial charge in [-0.25, -0.2) is 0 Å². The van der Waals surface area contributed by atoms with Gasteiger partial charge in [0, 0.05) is 23.0 Å². The molecule has 0 aliphatic heterocycles. The molecule has 3 nitrogen and oxygen atoms in total. The summed E-state index contributed by atoms with van der Waals surface area (Å²) in [5, 5.41) is 14.2. The number of nitrogens with zero attached hydrogens (tertiary/aromatic N) is 1. The van der Waals surface area contributed by atoms with Crippen molar-refractivity contribution < 1.29 is 5.11 Å². The number of aromatic hydroxyl groups is 1. The largest absolute Gasteiger partial charge is 0.506 e. The van der Waals surface area contributed by atoms with E-state index in [-0.39, 0.29) is 5.75 Å². The number of aromatic nitrogens is 1. The highest BCUT2D eigenvalue weighted by molar-refractivity contribution is 5.95. The first-order valence-corrected chi connectivity index (χ1v) is 7.70. The quantitative estimate of drug-likeness (QED) is 0.693. The van der Waals surface area contributed by atoms with Crippen LogP contribution >= 0.6 is 0 Å². The molecule has 0 saturated heterocycles. The first-order valence-electron chi connectivity index (χ1n) is 7.70. The van der Waals surface area contributed by atoms with E-state index in [0.29, 0.717) is 5.52 Å². The van der Waals surface area contributed by atoms with Gasteiger partial charge in [-0.2, -0.15) is 0 Å². The first kappa shape index (κ1) is 14.4. The number of unbranched alkanes of at least 4 members (excludes halogenated alkanes) is 1. The van der Waals surface area contributed by atoms with E-state index in [4.69, 9.17) is 0 Å². The Kier molecular flexibility index (Phi) is 4.24. The van der Waals surface area contributed by atoms with Crippen LogP contribution < -0.4 is 5.32 Å². The third-order valence-electron chi connectivity index (χ3n) is 3.80. The molecule has 2 N–H and O–H groups in total. The van der Waals surface area contributed by atoms with Gasteiger partial charge in [0.15, 0.2) is 0 Å². The van der Waals surface area contributed by atoms with Gasteiger partial charge < -0.3 is 10.4 Å². The second kappa shape index (κ2) is 6.48. The topological polar surface area (TPSA) is 45.2 Å². The summed E-state index contributed by atoms with van der Waals surface area (Å²) in [6.45, 7) is 2.21. The van der Waals surface area contributed by atoms with Crippen molar-refractivity contribution in [2.75, 3.05) is 5.32 Å². The van der Waals surface area contributed by atoms with Crippen molar-refractivity contribution in [2.45, 2.75) is 26.2 Å². The van der Waals surface area contributed by atoms with E-state index in [1.54, 1.807) is 12.3 Å². The van der Waals surface area contributed by atoms with Crippen molar-refractivity contribution >= 4 is 22.3 Å². The molecule has 22 heavy (non-hydrogen) atoms. The van der Waals surface area contributed by atoms with Gasteiger partial charge in [0.2, 0.25) is 0 Å². The van der Waals surface area contributed by atoms with Crippen molar-refractivity contribution in [3.8, 4) is 5.75 Å². The van der Waals surface area contributed by atoms with Crippen LogP contribution in [0.5, 0.6) is 5.75 Å². The molecule has 0 aliphatic carbocycles. The summed E-state index contributed by atoms with van der Waals surface area (Å²) >= 11 is 0. The Bertz CT molecular complexity index is 766. The zero-order valence-corrected chi connectivity index (χ0v) is 12.7. The Morgan fingerprint density at radius 3 is 2.64 bits per heavy atom. The van der Waals surface area contributed by atoms with Crippen molar-refractivity contribution in [1.82, 2.24) is 4.98 Å². The number of phenols is 1. The Balaban J connectivity index is 1.85. The second-order valence-corrected chi connectivity index (χ2v) is 5.46. The lowest BCUT2D eigenvalue weighted by Crippen LogP contribution is -1.93. The van der Waals surface area contributed by atoms with Crippen molar-refractivity contribution in [2.24, 2.45) is 0 Å². The van der Waals surface area contributed by atoms with Crippen molar-refractivity contribution in [1.29, 1.82) is 0 Å². The van der Waals surface area contributed by atoms with E-state index in [9.17, 15) is 5.11 Å². The van der Waals surface area contributed by atoms with E-state index in [1.165, 1.54) is 18.4 Å². The first-order chi connectivity index (χ1) is 10.8. The lowest BCUT2D eigenvalue weighted by molar-refractivity contribution is 0.480. The number of rotatable bonds is 5. The maximum absolute atomic E-state index is 9.89. The number of hydrogen-bond acceptors (Lipinski definition) is 3. The minimum absolute atomic E-state index is 0.205. The molecule has 2 aromatic carbocycles. The van der Waals surface area contributed by atoms with E-state index in [0.717, 1.165) is 23.2 Å². The Morgan fingerprint density at radius 1 is 1.05 bits per heavy atom. The van der Waals surface area contributed by atoms with Gasteiger partial charge in [-0.1, -0.05) is 37.6 Å². The van der Waals surface area contributed by atoms with Crippen LogP contribution in [0.2, 0.25) is 0 Å². The summed E-state index contributed by atoms with van der Waals surface area (Å²) in [7, 11) is 0. The number of pyridine rings is 1. The highest BCUT2D eigenvalue weighted by Crippen LogP contribution is 2.29. The molecule has 1 heterocycles. The van der Waals surface area contributed by atoms with Crippen molar-refractivity contribution in [3.05, 3.63) is 60.3 Å². The van der Waals surface area contributed by atoms with Crippen LogP contribution in [-0.2, 0) is 6.42 Å². The predicted octanol–water partition coefficient (Wildman–Crippen LogP) is 5.03. The molecule has 0 unspecified atom stereocenters. The molecule has 0 amide bonds. The number of aryl methyl sites for hydroxylation is 1. The molecular weight excluding hydrogens is 272 g/mol. The molecule has 0 saturated carbocycles. The van der Waals surface area contributed by atoms with Crippen LogP contribution in [0.4, 0.5) is 11.4 Å². The highest BCUT2D eigenvalue weighted by Gasteiger charge is 2.05. The van der Waals surface area contributed by atoms with E-state index < -0.39 is 0 Å². The van der Waals surface area contributed by atoms with Crippen LogP contribution in [0.15, 0.2) is 54.7 Å². The van der Waals surface area contributed by atoms with Crippen LogP contribution in [0.3, 0.4) is 0 Å². The third kappa shape index (κ3) is 3.03. The van der Waals surface area contributed by atoms with Crippen LogP contribution in [0.1, 0.15) is 25.3 Å². The van der Waals surface area contributed by atoms with Gasteiger partial charge in [0.25, 0.3) is 0 Å². The third-order valence-corrected chi connectivity index (χ3v) is 3.80. The zero-order valence-electron chi connectivity index (χ0n) is 12.7. The SMILES string of the molecule is CCCCc1ccc(Nc2ccnc3c(O)cccc23)cc1. The maximum Gasteiger partial charge on any atom is 0.141 e. The molecule has 0 bridgehead atoms.